The van der Waals surface area contributed by atoms with Crippen molar-refractivity contribution < 1.29 is 13.7 Å². The molecule has 3 atom stereocenters. The normalized spacial score (nSPS) is 29.7. The molecule has 2 saturated heterocycles. The molecule has 2 aliphatic heterocycles. The highest BCUT2D eigenvalue weighted by Crippen LogP contribution is 2.40. The van der Waals surface area contributed by atoms with Gasteiger partial charge in [-0.3, -0.25) is 4.90 Å². The highest BCUT2D eigenvalue weighted by Gasteiger charge is 2.41. The largest absolute Gasteiger partial charge is 0.472 e. The Kier molecular flexibility index (Phi) is 3.27. The lowest BCUT2D eigenvalue weighted by Crippen LogP contribution is -2.41. The second-order valence-corrected chi connectivity index (χ2v) is 5.99. The average Bonchev–Trinajstić information content (AvgIpc) is 3.18. The van der Waals surface area contributed by atoms with Gasteiger partial charge in [-0.05, 0) is 38.3 Å². The second kappa shape index (κ2) is 5.27. The van der Waals surface area contributed by atoms with Crippen LogP contribution in [-0.4, -0.2) is 34.2 Å². The third-order valence-electron chi connectivity index (χ3n) is 4.44. The smallest absolute Gasteiger partial charge is 0.255 e. The van der Waals surface area contributed by atoms with Gasteiger partial charge in [0, 0.05) is 18.7 Å². The quantitative estimate of drug-likeness (QED) is 0.864. The molecule has 4 heterocycles. The van der Waals surface area contributed by atoms with Crippen molar-refractivity contribution in [3.05, 3.63) is 35.9 Å². The second-order valence-electron chi connectivity index (χ2n) is 5.99. The first-order valence-electron chi connectivity index (χ1n) is 7.47. The van der Waals surface area contributed by atoms with E-state index in [0.29, 0.717) is 17.6 Å². The van der Waals surface area contributed by atoms with E-state index in [2.05, 4.69) is 15.0 Å². The molecule has 112 valence electrons. The highest BCUT2D eigenvalue weighted by molar-refractivity contribution is 5.06. The maximum Gasteiger partial charge on any atom is 0.255 e. The summed E-state index contributed by atoms with van der Waals surface area (Å²) in [6, 6.07) is 2.02. The zero-order valence-electron chi connectivity index (χ0n) is 12.1. The molecule has 0 spiro atoms. The van der Waals surface area contributed by atoms with Crippen molar-refractivity contribution in [3.63, 3.8) is 0 Å². The van der Waals surface area contributed by atoms with Crippen LogP contribution in [0.1, 0.15) is 36.2 Å². The molecule has 2 aliphatic rings. The first-order valence-corrected chi connectivity index (χ1v) is 7.47. The number of aryl methyl sites for hydroxylation is 1. The summed E-state index contributed by atoms with van der Waals surface area (Å²) in [7, 11) is 0. The Hall–Kier alpha value is -1.66. The molecule has 0 unspecified atom stereocenters. The van der Waals surface area contributed by atoms with E-state index in [1.807, 2.05) is 19.3 Å². The van der Waals surface area contributed by atoms with E-state index in [1.54, 1.807) is 6.26 Å². The molecule has 21 heavy (non-hydrogen) atoms. The Labute approximate surface area is 123 Å². The lowest BCUT2D eigenvalue weighted by atomic mass is 9.91. The topological polar surface area (TPSA) is 64.5 Å². The highest BCUT2D eigenvalue weighted by atomic mass is 16.5. The van der Waals surface area contributed by atoms with Crippen LogP contribution in [-0.2, 0) is 11.3 Å². The van der Waals surface area contributed by atoms with E-state index < -0.39 is 0 Å². The first-order chi connectivity index (χ1) is 10.3. The molecular formula is C15H19N3O3. The third-order valence-corrected chi connectivity index (χ3v) is 4.44. The van der Waals surface area contributed by atoms with Crippen molar-refractivity contribution in [2.75, 3.05) is 13.1 Å². The molecule has 2 fully saturated rings. The molecule has 0 N–H and O–H groups in total. The number of nitrogens with zero attached hydrogens (tertiary/aromatic N) is 3. The maximum atomic E-state index is 6.15. The number of furan rings is 1. The minimum absolute atomic E-state index is 0.0323. The summed E-state index contributed by atoms with van der Waals surface area (Å²) >= 11 is 0. The standard InChI is InChI=1S/C15H19N3O3/c1-10-16-15(21-17-10)13-6-12-2-4-18(8-14(12)20-13)7-11-3-5-19-9-11/h3,5,9,12-14H,2,4,6-8H2,1H3/t12-,13+,14+/m0/s1. The summed E-state index contributed by atoms with van der Waals surface area (Å²) in [6.45, 7) is 4.82. The van der Waals surface area contributed by atoms with Crippen molar-refractivity contribution in [3.8, 4) is 0 Å². The monoisotopic (exact) mass is 289 g/mol. The van der Waals surface area contributed by atoms with E-state index in [0.717, 1.165) is 32.5 Å². The molecular weight excluding hydrogens is 270 g/mol. The van der Waals surface area contributed by atoms with Crippen molar-refractivity contribution >= 4 is 0 Å². The SMILES string of the molecule is Cc1noc([C@H]2C[C@@H]3CCN(Cc4ccoc4)C[C@H]3O2)n1. The number of hydrogen-bond acceptors (Lipinski definition) is 6. The van der Waals surface area contributed by atoms with Gasteiger partial charge in [0.15, 0.2) is 5.82 Å². The summed E-state index contributed by atoms with van der Waals surface area (Å²) in [4.78, 5) is 6.73. The van der Waals surface area contributed by atoms with Gasteiger partial charge in [0.2, 0.25) is 0 Å². The molecule has 6 heteroatoms. The molecule has 0 radical (unpaired) electrons. The molecule has 2 aromatic rings. The fourth-order valence-corrected chi connectivity index (χ4v) is 3.38. The van der Waals surface area contributed by atoms with Gasteiger partial charge in [-0.15, -0.1) is 0 Å². The van der Waals surface area contributed by atoms with Crippen molar-refractivity contribution in [2.45, 2.75) is 38.5 Å². The van der Waals surface area contributed by atoms with E-state index in [1.165, 1.54) is 5.56 Å². The molecule has 0 bridgehead atoms. The molecule has 0 saturated carbocycles. The molecule has 0 amide bonds. The van der Waals surface area contributed by atoms with Crippen LogP contribution in [0.3, 0.4) is 0 Å². The summed E-state index contributed by atoms with van der Waals surface area (Å²) in [5.41, 5.74) is 1.22. The van der Waals surface area contributed by atoms with Gasteiger partial charge in [0.1, 0.15) is 6.10 Å². The number of likely N-dealkylation sites (tertiary alicyclic amines) is 1. The van der Waals surface area contributed by atoms with E-state index in [-0.39, 0.29) is 12.2 Å². The van der Waals surface area contributed by atoms with Gasteiger partial charge < -0.3 is 13.7 Å². The Morgan fingerprint density at radius 3 is 3.14 bits per heavy atom. The van der Waals surface area contributed by atoms with Gasteiger partial charge in [-0.25, -0.2) is 0 Å². The average molecular weight is 289 g/mol. The number of piperidine rings is 1. The predicted octanol–water partition coefficient (Wildman–Crippen LogP) is 2.32. The van der Waals surface area contributed by atoms with Crippen LogP contribution in [0.15, 0.2) is 27.5 Å². The number of fused-ring (bicyclic) bond motifs is 1. The van der Waals surface area contributed by atoms with E-state index in [9.17, 15) is 0 Å². The van der Waals surface area contributed by atoms with Crippen LogP contribution in [0.25, 0.3) is 0 Å². The van der Waals surface area contributed by atoms with Crippen molar-refractivity contribution in [1.29, 1.82) is 0 Å². The Balaban J connectivity index is 1.40. The fourth-order valence-electron chi connectivity index (χ4n) is 3.38. The minimum atomic E-state index is -0.0323. The summed E-state index contributed by atoms with van der Waals surface area (Å²) in [6.07, 6.45) is 5.92. The summed E-state index contributed by atoms with van der Waals surface area (Å²) in [5.74, 6) is 1.90. The first kappa shape index (κ1) is 13.0. The number of ether oxygens (including phenoxy) is 1. The Morgan fingerprint density at radius 2 is 2.38 bits per heavy atom. The Morgan fingerprint density at radius 1 is 1.43 bits per heavy atom. The van der Waals surface area contributed by atoms with E-state index in [4.69, 9.17) is 13.7 Å². The summed E-state index contributed by atoms with van der Waals surface area (Å²) < 4.78 is 16.5. The molecule has 6 nitrogen and oxygen atoms in total. The van der Waals surface area contributed by atoms with Crippen LogP contribution >= 0.6 is 0 Å². The molecule has 2 aromatic heterocycles. The van der Waals surface area contributed by atoms with Gasteiger partial charge in [0.25, 0.3) is 5.89 Å². The summed E-state index contributed by atoms with van der Waals surface area (Å²) in [5, 5.41) is 3.86. The molecule has 0 aliphatic carbocycles. The van der Waals surface area contributed by atoms with Crippen LogP contribution in [0.2, 0.25) is 0 Å². The van der Waals surface area contributed by atoms with Crippen LogP contribution in [0.4, 0.5) is 0 Å². The van der Waals surface area contributed by atoms with Gasteiger partial charge >= 0.3 is 0 Å². The fraction of sp³-hybridized carbons (Fsp3) is 0.600. The number of rotatable bonds is 3. The molecule has 4 rings (SSSR count). The minimum Gasteiger partial charge on any atom is -0.472 e. The van der Waals surface area contributed by atoms with Crippen LogP contribution in [0.5, 0.6) is 0 Å². The van der Waals surface area contributed by atoms with Crippen molar-refractivity contribution in [1.82, 2.24) is 15.0 Å². The van der Waals surface area contributed by atoms with Gasteiger partial charge in [-0.1, -0.05) is 5.16 Å². The van der Waals surface area contributed by atoms with Gasteiger partial charge in [0.05, 0.1) is 18.6 Å². The molecule has 0 aromatic carbocycles. The van der Waals surface area contributed by atoms with Crippen LogP contribution < -0.4 is 0 Å². The number of aromatic nitrogens is 2. The maximum absolute atomic E-state index is 6.15. The van der Waals surface area contributed by atoms with Gasteiger partial charge in [-0.2, -0.15) is 4.98 Å². The zero-order valence-corrected chi connectivity index (χ0v) is 12.1. The predicted molar refractivity (Wildman–Crippen MR) is 73.4 cm³/mol. The lowest BCUT2D eigenvalue weighted by molar-refractivity contribution is -0.0190. The van der Waals surface area contributed by atoms with E-state index >= 15 is 0 Å². The van der Waals surface area contributed by atoms with Crippen molar-refractivity contribution in [2.24, 2.45) is 5.92 Å². The Bertz CT molecular complexity index is 595. The zero-order chi connectivity index (χ0) is 14.2. The van der Waals surface area contributed by atoms with Crippen LogP contribution in [0, 0.1) is 12.8 Å². The third kappa shape index (κ3) is 2.61. The number of hydrogen-bond donors (Lipinski definition) is 0. The lowest BCUT2D eigenvalue weighted by Gasteiger charge is -2.33.